The van der Waals surface area contributed by atoms with Gasteiger partial charge >= 0.3 is 57.1 Å². The predicted molar refractivity (Wildman–Crippen MR) is 84.9 cm³/mol. The molecule has 1 N–H and O–H groups in total. The molecule has 0 atom stereocenters. The first-order valence-electron chi connectivity index (χ1n) is 6.91. The summed E-state index contributed by atoms with van der Waals surface area (Å²) < 4.78 is 1.06. The molecule has 23 heavy (non-hydrogen) atoms. The molecule has 0 aliphatic carbocycles. The van der Waals surface area contributed by atoms with Crippen molar-refractivity contribution in [3.05, 3.63) is 60.2 Å². The summed E-state index contributed by atoms with van der Waals surface area (Å²) >= 11 is 11.9. The third-order valence-electron chi connectivity index (χ3n) is 3.36. The summed E-state index contributed by atoms with van der Waals surface area (Å²) in [4.78, 5) is 26.3. The molecule has 2 aromatic rings. The summed E-state index contributed by atoms with van der Waals surface area (Å²) in [5.74, 6) is -0.672. The van der Waals surface area contributed by atoms with Gasteiger partial charge in [-0.15, -0.1) is 0 Å². The number of H-pyrrole nitrogens is 1. The number of nitrogens with one attached hydrogen (secondary N) is 1. The number of nitrogens with zero attached hydrogens (tertiary/aromatic N) is 1. The van der Waals surface area contributed by atoms with E-state index in [2.05, 4.69) is 4.98 Å². The summed E-state index contributed by atoms with van der Waals surface area (Å²) in [5.41, 5.74) is -0.628. The molecule has 8 heteroatoms. The van der Waals surface area contributed by atoms with Crippen molar-refractivity contribution in [2.75, 3.05) is 0 Å². The number of aromatic amines is 1. The third-order valence-corrected chi connectivity index (χ3v) is 3.95. The Hall–Kier alpha value is -0.0836. The monoisotopic (exact) mass is 380 g/mol. The van der Waals surface area contributed by atoms with Gasteiger partial charge in [0.2, 0.25) is 0 Å². The predicted octanol–water partition coefficient (Wildman–Crippen LogP) is -0.688. The normalized spacial score (nSPS) is 10.4. The van der Waals surface area contributed by atoms with Crippen molar-refractivity contribution in [1.29, 1.82) is 0 Å². The third kappa shape index (κ3) is 5.19. The number of rotatable bonds is 5. The minimum Gasteiger partial charge on any atom is -0.860 e. The average molecular weight is 381 g/mol. The molecular formula is C15H15Cl2KN2O3. The van der Waals surface area contributed by atoms with E-state index in [0.717, 1.165) is 11.0 Å². The first-order valence-corrected chi connectivity index (χ1v) is 7.66. The molecular weight excluding hydrogens is 366 g/mol. The maximum absolute atomic E-state index is 12.4. The van der Waals surface area contributed by atoms with Crippen LogP contribution in [0.4, 0.5) is 0 Å². The molecule has 0 amide bonds. The van der Waals surface area contributed by atoms with Crippen LogP contribution >= 0.6 is 23.2 Å². The van der Waals surface area contributed by atoms with E-state index >= 15 is 0 Å². The van der Waals surface area contributed by atoms with Crippen molar-refractivity contribution in [1.82, 2.24) is 9.55 Å². The Bertz CT molecular complexity index is 802. The van der Waals surface area contributed by atoms with Gasteiger partial charge in [0.15, 0.2) is 0 Å². The van der Waals surface area contributed by atoms with E-state index < -0.39 is 17.1 Å². The van der Waals surface area contributed by atoms with Crippen LogP contribution in [0.15, 0.2) is 27.8 Å². The van der Waals surface area contributed by atoms with E-state index in [0.29, 0.717) is 22.0 Å². The summed E-state index contributed by atoms with van der Waals surface area (Å²) in [6, 6.07) is 4.84. The number of unbranched alkanes of at least 4 members (excludes halogenated alkanes) is 1. The zero-order valence-electron chi connectivity index (χ0n) is 13.0. The molecule has 5 nitrogen and oxygen atoms in total. The molecule has 1 aromatic carbocycles. The van der Waals surface area contributed by atoms with Crippen LogP contribution < -0.4 is 67.7 Å². The quantitative estimate of drug-likeness (QED) is 0.697. The molecule has 0 spiro atoms. The van der Waals surface area contributed by atoms with E-state index in [9.17, 15) is 14.7 Å². The molecule has 1 heterocycles. The summed E-state index contributed by atoms with van der Waals surface area (Å²) in [7, 11) is 0. The van der Waals surface area contributed by atoms with Crippen LogP contribution in [0.1, 0.15) is 30.9 Å². The van der Waals surface area contributed by atoms with Crippen LogP contribution in [0.3, 0.4) is 0 Å². The van der Waals surface area contributed by atoms with Crippen molar-refractivity contribution in [3.8, 4) is 5.88 Å². The standard InChI is InChI=1S/C15H16Cl2N2O3.K/c1-2-3-6-19-14(21)11(13(20)18-15(19)22)7-9-4-5-10(16)8-12(9)17;/h4-5,8,20H,2-3,6-7H2,1H3,(H,18,22);/q;+1/p-1. The molecule has 0 unspecified atom stereocenters. The van der Waals surface area contributed by atoms with Gasteiger partial charge in [-0.05, 0) is 30.0 Å². The van der Waals surface area contributed by atoms with Gasteiger partial charge in [-0.25, -0.2) is 4.79 Å². The smallest absolute Gasteiger partial charge is 0.860 e. The van der Waals surface area contributed by atoms with Crippen LogP contribution in [0, 0.1) is 0 Å². The van der Waals surface area contributed by atoms with Crippen LogP contribution in [0.5, 0.6) is 5.88 Å². The summed E-state index contributed by atoms with van der Waals surface area (Å²) in [5, 5.41) is 12.8. The largest absolute Gasteiger partial charge is 1.00 e. The van der Waals surface area contributed by atoms with Gasteiger partial charge in [0, 0.05) is 28.6 Å². The number of hydrogen-bond acceptors (Lipinski definition) is 3. The molecule has 0 bridgehead atoms. The second kappa shape index (κ2) is 9.41. The second-order valence-corrected chi connectivity index (χ2v) is 5.80. The zero-order valence-corrected chi connectivity index (χ0v) is 17.6. The van der Waals surface area contributed by atoms with E-state index in [1.165, 1.54) is 0 Å². The Balaban J connectivity index is 0.00000264. The Kier molecular flexibility index (Phi) is 8.58. The van der Waals surface area contributed by atoms with Crippen molar-refractivity contribution in [2.24, 2.45) is 0 Å². The van der Waals surface area contributed by atoms with Gasteiger partial charge in [-0.3, -0.25) is 9.36 Å². The van der Waals surface area contributed by atoms with Crippen LogP contribution in [0.2, 0.25) is 10.0 Å². The molecule has 0 fully saturated rings. The van der Waals surface area contributed by atoms with E-state index in [1.807, 2.05) is 6.92 Å². The van der Waals surface area contributed by atoms with E-state index in [4.69, 9.17) is 23.2 Å². The number of hydrogen-bond donors (Lipinski definition) is 1. The fourth-order valence-corrected chi connectivity index (χ4v) is 2.60. The summed E-state index contributed by atoms with van der Waals surface area (Å²) in [6.07, 6.45) is 1.57. The van der Waals surface area contributed by atoms with Crippen molar-refractivity contribution in [2.45, 2.75) is 32.7 Å². The molecule has 0 aliphatic rings. The van der Waals surface area contributed by atoms with Gasteiger partial charge in [-0.1, -0.05) is 42.6 Å². The maximum atomic E-state index is 12.4. The van der Waals surface area contributed by atoms with Crippen molar-refractivity contribution < 1.29 is 56.5 Å². The minimum atomic E-state index is -0.672. The number of benzene rings is 1. The Morgan fingerprint density at radius 2 is 1.96 bits per heavy atom. The van der Waals surface area contributed by atoms with Crippen LogP contribution in [0.25, 0.3) is 0 Å². The first-order chi connectivity index (χ1) is 10.4. The first kappa shape index (κ1) is 21.0. The van der Waals surface area contributed by atoms with Gasteiger partial charge in [-0.2, -0.15) is 0 Å². The molecule has 0 aliphatic heterocycles. The molecule has 1 aromatic heterocycles. The fraction of sp³-hybridized carbons (Fsp3) is 0.333. The average Bonchev–Trinajstić information content (AvgIpc) is 2.45. The summed E-state index contributed by atoms with van der Waals surface area (Å²) in [6.45, 7) is 2.24. The fourth-order valence-electron chi connectivity index (χ4n) is 2.12. The topological polar surface area (TPSA) is 77.9 Å². The van der Waals surface area contributed by atoms with Gasteiger partial charge in [0.25, 0.3) is 5.56 Å². The molecule has 118 valence electrons. The minimum absolute atomic E-state index is 0. The van der Waals surface area contributed by atoms with Crippen molar-refractivity contribution >= 4 is 23.2 Å². The van der Waals surface area contributed by atoms with E-state index in [1.54, 1.807) is 18.2 Å². The molecule has 0 radical (unpaired) electrons. The van der Waals surface area contributed by atoms with Gasteiger partial charge in [0.1, 0.15) is 0 Å². The maximum Gasteiger partial charge on any atom is 1.00 e. The van der Waals surface area contributed by atoms with Gasteiger partial charge in [0.05, 0.1) is 0 Å². The molecule has 0 saturated heterocycles. The van der Waals surface area contributed by atoms with Gasteiger partial charge < -0.3 is 10.1 Å². The van der Waals surface area contributed by atoms with Crippen LogP contribution in [-0.2, 0) is 13.0 Å². The second-order valence-electron chi connectivity index (χ2n) is 4.96. The van der Waals surface area contributed by atoms with Crippen LogP contribution in [-0.4, -0.2) is 9.55 Å². The molecule has 0 saturated carbocycles. The Morgan fingerprint density at radius 3 is 2.57 bits per heavy atom. The number of aromatic nitrogens is 2. The SMILES string of the molecule is CCCCn1c(=O)[nH]c([O-])c(Cc2ccc(Cl)cc2Cl)c1=O.[K+]. The Morgan fingerprint density at radius 1 is 1.26 bits per heavy atom. The van der Waals surface area contributed by atoms with E-state index in [-0.39, 0.29) is 69.9 Å². The number of halogens is 2. The Labute approximate surface area is 186 Å². The van der Waals surface area contributed by atoms with Crippen molar-refractivity contribution in [3.63, 3.8) is 0 Å². The zero-order chi connectivity index (χ0) is 16.3. The molecule has 2 rings (SSSR count).